The monoisotopic (exact) mass is 368 g/mol. The smallest absolute Gasteiger partial charge is 0.244 e. The van der Waals surface area contributed by atoms with Crippen molar-refractivity contribution >= 4 is 15.7 Å². The third kappa shape index (κ3) is 4.58. The van der Waals surface area contributed by atoms with E-state index in [-0.39, 0.29) is 4.90 Å². The molecule has 1 aromatic carbocycles. The first kappa shape index (κ1) is 19.4. The molecule has 0 radical (unpaired) electrons. The number of aromatic nitrogens is 2. The Morgan fingerprint density at radius 1 is 1.24 bits per heavy atom. The van der Waals surface area contributed by atoms with Gasteiger partial charge in [0.15, 0.2) is 0 Å². The average molecular weight is 368 g/mol. The lowest BCUT2D eigenvalue weighted by Crippen LogP contribution is -2.40. The first-order chi connectivity index (χ1) is 11.4. The van der Waals surface area contributed by atoms with E-state index in [1.807, 2.05) is 20.9 Å². The van der Waals surface area contributed by atoms with Gasteiger partial charge in [0.2, 0.25) is 10.0 Å². The first-order valence-electron chi connectivity index (χ1n) is 7.97. The summed E-state index contributed by atoms with van der Waals surface area (Å²) < 4.78 is 43.2. The number of halogens is 1. The van der Waals surface area contributed by atoms with Crippen molar-refractivity contribution in [2.24, 2.45) is 7.05 Å². The summed E-state index contributed by atoms with van der Waals surface area (Å²) in [5, 5.41) is 7.49. The van der Waals surface area contributed by atoms with Gasteiger partial charge in [0.05, 0.1) is 5.69 Å². The lowest BCUT2D eigenvalue weighted by molar-refractivity contribution is 0.486. The van der Waals surface area contributed by atoms with Crippen molar-refractivity contribution in [1.82, 2.24) is 14.5 Å². The molecule has 2 N–H and O–H groups in total. The van der Waals surface area contributed by atoms with Gasteiger partial charge in [-0.3, -0.25) is 4.68 Å². The zero-order valence-corrected chi connectivity index (χ0v) is 16.3. The molecular weight excluding hydrogens is 343 g/mol. The molecule has 0 spiro atoms. The highest BCUT2D eigenvalue weighted by Gasteiger charge is 2.25. The molecular formula is C17H25FN4O2S. The molecule has 2 aromatic rings. The second-order valence-electron chi connectivity index (χ2n) is 7.13. The van der Waals surface area contributed by atoms with Crippen LogP contribution in [0.1, 0.15) is 37.7 Å². The molecule has 1 heterocycles. The minimum Gasteiger partial charge on any atom is -0.381 e. The van der Waals surface area contributed by atoms with Crippen LogP contribution in [0.2, 0.25) is 0 Å². The summed E-state index contributed by atoms with van der Waals surface area (Å²) in [5.41, 5.74) is 2.78. The molecule has 8 heteroatoms. The number of hydrogen-bond acceptors (Lipinski definition) is 4. The molecule has 0 aliphatic heterocycles. The molecule has 138 valence electrons. The van der Waals surface area contributed by atoms with Gasteiger partial charge in [-0.1, -0.05) is 0 Å². The minimum absolute atomic E-state index is 0.368. The summed E-state index contributed by atoms with van der Waals surface area (Å²) in [6, 6.07) is 3.99. The topological polar surface area (TPSA) is 76.0 Å². The van der Waals surface area contributed by atoms with E-state index in [2.05, 4.69) is 15.1 Å². The predicted molar refractivity (Wildman–Crippen MR) is 96.5 cm³/mol. The van der Waals surface area contributed by atoms with E-state index in [4.69, 9.17) is 0 Å². The van der Waals surface area contributed by atoms with Crippen molar-refractivity contribution in [3.8, 4) is 0 Å². The van der Waals surface area contributed by atoms with Crippen molar-refractivity contribution in [2.45, 2.75) is 51.6 Å². The Kier molecular flexibility index (Phi) is 5.24. The highest BCUT2D eigenvalue weighted by molar-refractivity contribution is 7.89. The third-order valence-electron chi connectivity index (χ3n) is 3.79. The van der Waals surface area contributed by atoms with Crippen LogP contribution in [0.5, 0.6) is 0 Å². The number of anilines is 1. The maximum absolute atomic E-state index is 14.1. The van der Waals surface area contributed by atoms with E-state index in [1.165, 1.54) is 12.1 Å². The Morgan fingerprint density at radius 3 is 2.40 bits per heavy atom. The van der Waals surface area contributed by atoms with Crippen LogP contribution < -0.4 is 10.0 Å². The van der Waals surface area contributed by atoms with E-state index in [0.717, 1.165) is 23.0 Å². The zero-order valence-electron chi connectivity index (χ0n) is 15.4. The molecule has 1 aromatic heterocycles. The van der Waals surface area contributed by atoms with Crippen LogP contribution in [-0.4, -0.2) is 23.7 Å². The molecule has 6 nitrogen and oxygen atoms in total. The van der Waals surface area contributed by atoms with Crippen molar-refractivity contribution in [3.05, 3.63) is 41.0 Å². The molecule has 25 heavy (non-hydrogen) atoms. The molecule has 0 aliphatic rings. The van der Waals surface area contributed by atoms with E-state index in [1.54, 1.807) is 25.5 Å². The number of nitrogens with one attached hydrogen (secondary N) is 2. The van der Waals surface area contributed by atoms with Gasteiger partial charge in [-0.05, 0) is 52.8 Å². The van der Waals surface area contributed by atoms with Crippen molar-refractivity contribution in [1.29, 1.82) is 0 Å². The predicted octanol–water partition coefficient (Wildman–Crippen LogP) is 2.86. The minimum atomic E-state index is -3.95. The van der Waals surface area contributed by atoms with Crippen LogP contribution in [0.3, 0.4) is 0 Å². The number of benzene rings is 1. The lowest BCUT2D eigenvalue weighted by atomic mass is 10.1. The second-order valence-corrected chi connectivity index (χ2v) is 8.78. The number of sulfonamides is 1. The van der Waals surface area contributed by atoms with Gasteiger partial charge < -0.3 is 5.32 Å². The fraction of sp³-hybridized carbons (Fsp3) is 0.471. The Morgan fingerprint density at radius 2 is 1.88 bits per heavy atom. The molecule has 0 amide bonds. The van der Waals surface area contributed by atoms with E-state index in [0.29, 0.717) is 12.2 Å². The summed E-state index contributed by atoms with van der Waals surface area (Å²) in [5.74, 6) is -0.781. The quantitative estimate of drug-likeness (QED) is 0.851. The number of hydrogen-bond donors (Lipinski definition) is 2. The molecule has 2 rings (SSSR count). The van der Waals surface area contributed by atoms with Crippen LogP contribution in [0.25, 0.3) is 0 Å². The summed E-state index contributed by atoms with van der Waals surface area (Å²) >= 11 is 0. The summed E-state index contributed by atoms with van der Waals surface area (Å²) in [6.07, 6.45) is 0. The first-order valence-corrected chi connectivity index (χ1v) is 9.45. The van der Waals surface area contributed by atoms with Crippen LogP contribution in [0.4, 0.5) is 10.1 Å². The highest BCUT2D eigenvalue weighted by Crippen LogP contribution is 2.22. The normalized spacial score (nSPS) is 12.4. The molecule has 0 saturated heterocycles. The highest BCUT2D eigenvalue weighted by atomic mass is 32.2. The largest absolute Gasteiger partial charge is 0.381 e. The number of nitrogens with zero attached hydrogens (tertiary/aromatic N) is 2. The number of aryl methyl sites for hydroxylation is 2. The average Bonchev–Trinajstić information content (AvgIpc) is 2.69. The maximum Gasteiger partial charge on any atom is 0.244 e. The maximum atomic E-state index is 14.1. The van der Waals surface area contributed by atoms with Gasteiger partial charge in [0, 0.05) is 36.1 Å². The van der Waals surface area contributed by atoms with Crippen molar-refractivity contribution < 1.29 is 12.8 Å². The van der Waals surface area contributed by atoms with Crippen LogP contribution >= 0.6 is 0 Å². The van der Waals surface area contributed by atoms with Crippen LogP contribution in [0, 0.1) is 19.7 Å². The molecule has 0 bridgehead atoms. The van der Waals surface area contributed by atoms with Gasteiger partial charge in [-0.25, -0.2) is 17.5 Å². The summed E-state index contributed by atoms with van der Waals surface area (Å²) in [6.45, 7) is 9.47. The molecule has 0 unspecified atom stereocenters. The Hall–Kier alpha value is -1.93. The van der Waals surface area contributed by atoms with Crippen molar-refractivity contribution in [2.75, 3.05) is 5.32 Å². The van der Waals surface area contributed by atoms with Gasteiger partial charge in [-0.2, -0.15) is 5.10 Å². The van der Waals surface area contributed by atoms with E-state index in [9.17, 15) is 12.8 Å². The van der Waals surface area contributed by atoms with Crippen LogP contribution in [-0.2, 0) is 23.6 Å². The fourth-order valence-corrected chi connectivity index (χ4v) is 4.06. The van der Waals surface area contributed by atoms with E-state index >= 15 is 0 Å². The van der Waals surface area contributed by atoms with E-state index < -0.39 is 21.4 Å². The third-order valence-corrected chi connectivity index (χ3v) is 5.56. The SMILES string of the molecule is Cc1nn(C)c(C)c1CNc1ccc(F)c(S(=O)(=O)NC(C)(C)C)c1. The van der Waals surface area contributed by atoms with Crippen LogP contribution in [0.15, 0.2) is 23.1 Å². The Bertz CT molecular complexity index is 883. The molecule has 0 atom stereocenters. The second kappa shape index (κ2) is 6.76. The summed E-state index contributed by atoms with van der Waals surface area (Å²) in [4.78, 5) is -0.368. The zero-order chi connectivity index (χ0) is 19.0. The van der Waals surface area contributed by atoms with Gasteiger partial charge >= 0.3 is 0 Å². The molecule has 0 saturated carbocycles. The van der Waals surface area contributed by atoms with Gasteiger partial charge in [-0.15, -0.1) is 0 Å². The molecule has 0 fully saturated rings. The summed E-state index contributed by atoms with van der Waals surface area (Å²) in [7, 11) is -2.08. The van der Waals surface area contributed by atoms with Gasteiger partial charge in [0.25, 0.3) is 0 Å². The van der Waals surface area contributed by atoms with Crippen molar-refractivity contribution in [3.63, 3.8) is 0 Å². The fourth-order valence-electron chi connectivity index (χ4n) is 2.54. The molecule has 0 aliphatic carbocycles. The lowest BCUT2D eigenvalue weighted by Gasteiger charge is -2.21. The van der Waals surface area contributed by atoms with Gasteiger partial charge in [0.1, 0.15) is 10.7 Å². The standard InChI is InChI=1S/C17H25FN4O2S/c1-11-14(12(2)22(6)20-11)10-19-13-7-8-15(18)16(9-13)25(23,24)21-17(3,4)5/h7-9,19,21H,10H2,1-6H3. The Balaban J connectivity index is 2.27. The Labute approximate surface area is 148 Å². The number of rotatable bonds is 5.